The number of rotatable bonds is 4. The Kier molecular flexibility index (Phi) is 5.82. The van der Waals surface area contributed by atoms with Crippen molar-refractivity contribution in [1.29, 1.82) is 0 Å². The van der Waals surface area contributed by atoms with Crippen molar-refractivity contribution in [2.24, 2.45) is 5.92 Å². The second-order valence-electron chi connectivity index (χ2n) is 7.86. The molecule has 1 heterocycles. The monoisotopic (exact) mass is 476 g/mol. The van der Waals surface area contributed by atoms with Crippen molar-refractivity contribution < 1.29 is 13.2 Å². The van der Waals surface area contributed by atoms with E-state index in [2.05, 4.69) is 28.1 Å². The van der Waals surface area contributed by atoms with Crippen LogP contribution in [0.4, 0.5) is 0 Å². The van der Waals surface area contributed by atoms with Gasteiger partial charge in [-0.3, -0.25) is 4.79 Å². The number of fused-ring (bicyclic) bond motifs is 1. The number of carbonyl (C=O) groups excluding carboxylic acids is 1. The van der Waals surface area contributed by atoms with Gasteiger partial charge in [0.15, 0.2) is 0 Å². The number of hydrogen-bond acceptors (Lipinski definition) is 3. The molecule has 0 bridgehead atoms. The number of carbonyl (C=O) groups is 1. The summed E-state index contributed by atoms with van der Waals surface area (Å²) >= 11 is 3.34. The summed E-state index contributed by atoms with van der Waals surface area (Å²) in [5, 5.41) is 0. The molecule has 1 saturated heterocycles. The van der Waals surface area contributed by atoms with E-state index in [0.29, 0.717) is 13.0 Å². The molecule has 0 spiro atoms. The fourth-order valence-electron chi connectivity index (χ4n) is 4.50. The number of benzene rings is 2. The molecule has 0 aromatic heterocycles. The SMILES string of the molecule is CN(C(=O)C1CCCN(S(=O)(=O)c2ccc(Br)cc2)C1)C1CCc2ccccc21. The van der Waals surface area contributed by atoms with Crippen LogP contribution in [-0.4, -0.2) is 43.7 Å². The van der Waals surface area contributed by atoms with E-state index in [-0.39, 0.29) is 29.3 Å². The van der Waals surface area contributed by atoms with Crippen molar-refractivity contribution in [1.82, 2.24) is 9.21 Å². The molecule has 1 fully saturated rings. The number of halogens is 1. The second-order valence-corrected chi connectivity index (χ2v) is 10.7. The molecule has 1 aliphatic heterocycles. The fourth-order valence-corrected chi connectivity index (χ4v) is 6.28. The molecule has 4 rings (SSSR count). The second kappa shape index (κ2) is 8.20. The van der Waals surface area contributed by atoms with Gasteiger partial charge in [0.05, 0.1) is 16.9 Å². The van der Waals surface area contributed by atoms with Crippen molar-refractivity contribution >= 4 is 31.9 Å². The average molecular weight is 477 g/mol. The van der Waals surface area contributed by atoms with E-state index >= 15 is 0 Å². The first-order valence-electron chi connectivity index (χ1n) is 9.98. The van der Waals surface area contributed by atoms with Crippen molar-refractivity contribution in [3.63, 3.8) is 0 Å². The Labute approximate surface area is 180 Å². The molecule has 1 amide bonds. The van der Waals surface area contributed by atoms with Crippen molar-refractivity contribution in [2.75, 3.05) is 20.1 Å². The van der Waals surface area contributed by atoms with E-state index in [1.54, 1.807) is 24.3 Å². The third-order valence-electron chi connectivity index (χ3n) is 6.10. The van der Waals surface area contributed by atoms with Gasteiger partial charge in [-0.05, 0) is 61.1 Å². The molecular weight excluding hydrogens is 452 g/mol. The highest BCUT2D eigenvalue weighted by Gasteiger charge is 2.37. The molecule has 7 heteroatoms. The molecule has 2 aliphatic rings. The number of amides is 1. The summed E-state index contributed by atoms with van der Waals surface area (Å²) in [7, 11) is -1.74. The maximum atomic E-state index is 13.2. The molecule has 1 aliphatic carbocycles. The van der Waals surface area contributed by atoms with Crippen LogP contribution in [0, 0.1) is 5.92 Å². The molecule has 2 aromatic carbocycles. The van der Waals surface area contributed by atoms with Crippen LogP contribution in [-0.2, 0) is 21.2 Å². The van der Waals surface area contributed by atoms with Crippen LogP contribution in [0.15, 0.2) is 57.9 Å². The summed E-state index contributed by atoms with van der Waals surface area (Å²) in [6, 6.07) is 15.0. The number of piperidine rings is 1. The Morgan fingerprint density at radius 2 is 1.83 bits per heavy atom. The number of hydrogen-bond donors (Lipinski definition) is 0. The topological polar surface area (TPSA) is 57.7 Å². The van der Waals surface area contributed by atoms with Crippen LogP contribution in [0.1, 0.15) is 36.4 Å². The Morgan fingerprint density at radius 1 is 1.10 bits per heavy atom. The zero-order valence-electron chi connectivity index (χ0n) is 16.4. The maximum Gasteiger partial charge on any atom is 0.243 e. The van der Waals surface area contributed by atoms with Crippen LogP contribution in [0.25, 0.3) is 0 Å². The lowest BCUT2D eigenvalue weighted by atomic mass is 9.97. The van der Waals surface area contributed by atoms with E-state index in [4.69, 9.17) is 0 Å². The van der Waals surface area contributed by atoms with Crippen LogP contribution in [0.2, 0.25) is 0 Å². The van der Waals surface area contributed by atoms with Crippen LogP contribution < -0.4 is 0 Å². The lowest BCUT2D eigenvalue weighted by molar-refractivity contribution is -0.137. The summed E-state index contributed by atoms with van der Waals surface area (Å²) in [5.74, 6) is -0.255. The molecule has 0 saturated carbocycles. The van der Waals surface area contributed by atoms with Gasteiger partial charge in [0.2, 0.25) is 15.9 Å². The zero-order valence-corrected chi connectivity index (χ0v) is 18.8. The zero-order chi connectivity index (χ0) is 20.6. The Hall–Kier alpha value is -1.70. The third-order valence-corrected chi connectivity index (χ3v) is 8.51. The Morgan fingerprint density at radius 3 is 2.59 bits per heavy atom. The molecule has 0 radical (unpaired) electrons. The van der Waals surface area contributed by atoms with Crippen LogP contribution in [0.3, 0.4) is 0 Å². The van der Waals surface area contributed by atoms with Crippen molar-refractivity contribution in [3.8, 4) is 0 Å². The van der Waals surface area contributed by atoms with Gasteiger partial charge in [-0.15, -0.1) is 0 Å². The van der Waals surface area contributed by atoms with E-state index in [1.165, 1.54) is 15.4 Å². The highest BCUT2D eigenvalue weighted by atomic mass is 79.9. The first-order chi connectivity index (χ1) is 13.9. The Balaban J connectivity index is 1.49. The average Bonchev–Trinajstić information content (AvgIpc) is 3.17. The third kappa shape index (κ3) is 4.00. The largest absolute Gasteiger partial charge is 0.338 e. The molecule has 5 nitrogen and oxygen atoms in total. The number of nitrogens with zero attached hydrogens (tertiary/aromatic N) is 2. The van der Waals surface area contributed by atoms with Gasteiger partial charge < -0.3 is 4.90 Å². The first kappa shape index (κ1) is 20.6. The lowest BCUT2D eigenvalue weighted by Crippen LogP contribution is -2.46. The van der Waals surface area contributed by atoms with Gasteiger partial charge in [-0.2, -0.15) is 4.31 Å². The highest BCUT2D eigenvalue weighted by Crippen LogP contribution is 2.36. The summed E-state index contributed by atoms with van der Waals surface area (Å²) in [6.07, 6.45) is 3.33. The van der Waals surface area contributed by atoms with E-state index in [0.717, 1.165) is 23.7 Å². The molecule has 2 atom stereocenters. The summed E-state index contributed by atoms with van der Waals surface area (Å²) < 4.78 is 28.4. The van der Waals surface area contributed by atoms with Crippen LogP contribution in [0.5, 0.6) is 0 Å². The van der Waals surface area contributed by atoms with Gasteiger partial charge in [-0.1, -0.05) is 40.2 Å². The highest BCUT2D eigenvalue weighted by molar-refractivity contribution is 9.10. The summed E-state index contributed by atoms with van der Waals surface area (Å²) in [6.45, 7) is 0.702. The normalized spacial score (nSPS) is 22.3. The minimum absolute atomic E-state index is 0.0439. The standard InChI is InChI=1S/C22H25BrN2O3S/c1-24(21-13-8-16-5-2-3-7-20(16)21)22(26)17-6-4-14-25(15-17)29(27,28)19-11-9-18(23)10-12-19/h2-3,5,7,9-12,17,21H,4,6,8,13-15H2,1H3. The van der Waals surface area contributed by atoms with Crippen molar-refractivity contribution in [3.05, 3.63) is 64.1 Å². The van der Waals surface area contributed by atoms with Gasteiger partial charge >= 0.3 is 0 Å². The first-order valence-corrected chi connectivity index (χ1v) is 12.2. The lowest BCUT2D eigenvalue weighted by Gasteiger charge is -2.35. The minimum Gasteiger partial charge on any atom is -0.338 e. The van der Waals surface area contributed by atoms with E-state index < -0.39 is 10.0 Å². The molecule has 154 valence electrons. The van der Waals surface area contributed by atoms with E-state index in [9.17, 15) is 13.2 Å². The van der Waals surface area contributed by atoms with E-state index in [1.807, 2.05) is 24.1 Å². The maximum absolute atomic E-state index is 13.2. The summed E-state index contributed by atoms with van der Waals surface area (Å²) in [4.78, 5) is 15.4. The van der Waals surface area contributed by atoms with Gasteiger partial charge in [0, 0.05) is 24.6 Å². The minimum atomic E-state index is -3.60. The quantitative estimate of drug-likeness (QED) is 0.669. The number of sulfonamides is 1. The van der Waals surface area contributed by atoms with Gasteiger partial charge in [0.1, 0.15) is 0 Å². The van der Waals surface area contributed by atoms with Crippen molar-refractivity contribution in [2.45, 2.75) is 36.6 Å². The Bertz CT molecular complexity index is 1010. The molecular formula is C22H25BrN2O3S. The predicted octanol–water partition coefficient (Wildman–Crippen LogP) is 4.00. The number of aryl methyl sites for hydroxylation is 1. The van der Waals surface area contributed by atoms with Gasteiger partial charge in [0.25, 0.3) is 0 Å². The smallest absolute Gasteiger partial charge is 0.243 e. The predicted molar refractivity (Wildman–Crippen MR) is 116 cm³/mol. The molecule has 29 heavy (non-hydrogen) atoms. The summed E-state index contributed by atoms with van der Waals surface area (Å²) in [5.41, 5.74) is 2.53. The fraction of sp³-hybridized carbons (Fsp3) is 0.409. The molecule has 2 aromatic rings. The van der Waals surface area contributed by atoms with Gasteiger partial charge in [-0.25, -0.2) is 8.42 Å². The molecule has 0 N–H and O–H groups in total. The molecule has 2 unspecified atom stereocenters. The van der Waals surface area contributed by atoms with Crippen LogP contribution >= 0.6 is 15.9 Å².